The molecular weight excluding hydrogens is 528 g/mol. The molecule has 1 saturated heterocycles. The summed E-state index contributed by atoms with van der Waals surface area (Å²) in [5.41, 5.74) is 2.19. The number of carbonyl (C=O) groups excluding carboxylic acids is 1. The van der Waals surface area contributed by atoms with Gasteiger partial charge in [0.2, 0.25) is 0 Å². The van der Waals surface area contributed by atoms with E-state index < -0.39 is 11.8 Å². The highest BCUT2D eigenvalue weighted by Gasteiger charge is 2.44. The summed E-state index contributed by atoms with van der Waals surface area (Å²) in [4.78, 5) is 13.4. The van der Waals surface area contributed by atoms with Crippen LogP contribution in [-0.2, 0) is 36.7 Å². The van der Waals surface area contributed by atoms with E-state index >= 15 is 0 Å². The van der Waals surface area contributed by atoms with Crippen molar-refractivity contribution in [2.75, 3.05) is 28.1 Å². The minimum atomic E-state index is -0.756. The van der Waals surface area contributed by atoms with Crippen molar-refractivity contribution < 1.29 is 42.7 Å². The molecule has 2 heterocycles. The van der Waals surface area contributed by atoms with Crippen molar-refractivity contribution in [1.82, 2.24) is 0 Å². The van der Waals surface area contributed by atoms with Gasteiger partial charge in [-0.25, -0.2) is 4.79 Å². The molecule has 2 aliphatic rings. The average Bonchev–Trinajstić information content (AvgIpc) is 3.26. The maximum atomic E-state index is 13.4. The van der Waals surface area contributed by atoms with Gasteiger partial charge in [-0.15, -0.1) is 0 Å². The van der Waals surface area contributed by atoms with Crippen molar-refractivity contribution in [2.45, 2.75) is 83.3 Å². The minimum Gasteiger partial charge on any atom is -0.497 e. The van der Waals surface area contributed by atoms with Crippen LogP contribution >= 0.6 is 0 Å². The summed E-state index contributed by atoms with van der Waals surface area (Å²) in [5, 5.41) is 0. The van der Waals surface area contributed by atoms with E-state index in [1.54, 1.807) is 20.3 Å². The minimum absolute atomic E-state index is 0.00684. The first-order valence-electron chi connectivity index (χ1n) is 14.0. The van der Waals surface area contributed by atoms with Gasteiger partial charge in [0, 0.05) is 19.6 Å². The number of hydrogen-bond donors (Lipinski definition) is 0. The summed E-state index contributed by atoms with van der Waals surface area (Å²) in [7, 11) is 4.76. The van der Waals surface area contributed by atoms with Crippen LogP contribution in [0.25, 0.3) is 0 Å². The number of aryl methyl sites for hydroxylation is 1. The third-order valence-electron chi connectivity index (χ3n) is 7.11. The molecule has 9 nitrogen and oxygen atoms in total. The molecule has 0 bridgehead atoms. The van der Waals surface area contributed by atoms with Crippen molar-refractivity contribution in [3.8, 4) is 17.2 Å². The van der Waals surface area contributed by atoms with E-state index in [-0.39, 0.29) is 31.2 Å². The van der Waals surface area contributed by atoms with Gasteiger partial charge in [-0.3, -0.25) is 0 Å². The van der Waals surface area contributed by atoms with Crippen LogP contribution in [0.4, 0.5) is 0 Å². The first-order chi connectivity index (χ1) is 19.7. The molecule has 2 aromatic carbocycles. The van der Waals surface area contributed by atoms with E-state index in [9.17, 15) is 4.79 Å². The Balaban J connectivity index is 1.61. The number of ether oxygens (including phenoxy) is 8. The molecule has 0 radical (unpaired) electrons. The lowest BCUT2D eigenvalue weighted by Crippen LogP contribution is -2.36. The van der Waals surface area contributed by atoms with Crippen molar-refractivity contribution in [3.05, 3.63) is 65.2 Å². The van der Waals surface area contributed by atoms with Crippen LogP contribution in [0.3, 0.4) is 0 Å². The largest absolute Gasteiger partial charge is 0.497 e. The maximum Gasteiger partial charge on any atom is 0.342 e. The van der Waals surface area contributed by atoms with Crippen molar-refractivity contribution in [3.63, 3.8) is 0 Å². The Bertz CT molecular complexity index is 1170. The van der Waals surface area contributed by atoms with Crippen LogP contribution < -0.4 is 14.2 Å². The molecule has 0 unspecified atom stereocenters. The molecule has 224 valence electrons. The molecule has 0 aliphatic carbocycles. The van der Waals surface area contributed by atoms with Crippen LogP contribution in [0.1, 0.15) is 61.5 Å². The number of hydrogen-bond acceptors (Lipinski definition) is 9. The summed E-state index contributed by atoms with van der Waals surface area (Å²) in [5.74, 6) is 0.548. The zero-order valence-corrected chi connectivity index (χ0v) is 24.8. The Morgan fingerprint density at radius 2 is 1.76 bits per heavy atom. The first-order valence-corrected chi connectivity index (χ1v) is 14.0. The van der Waals surface area contributed by atoms with E-state index in [0.29, 0.717) is 42.9 Å². The zero-order chi connectivity index (χ0) is 29.4. The van der Waals surface area contributed by atoms with Gasteiger partial charge < -0.3 is 37.9 Å². The second-order valence-electron chi connectivity index (χ2n) is 10.7. The molecule has 0 amide bonds. The third kappa shape index (κ3) is 8.23. The third-order valence-corrected chi connectivity index (χ3v) is 7.11. The van der Waals surface area contributed by atoms with Crippen LogP contribution in [0, 0.1) is 0 Å². The predicted octanol–water partition coefficient (Wildman–Crippen LogP) is 5.62. The van der Waals surface area contributed by atoms with Crippen molar-refractivity contribution in [2.24, 2.45) is 0 Å². The molecule has 1 fully saturated rings. The number of rotatable bonds is 8. The van der Waals surface area contributed by atoms with Gasteiger partial charge >= 0.3 is 5.97 Å². The van der Waals surface area contributed by atoms with Gasteiger partial charge in [-0.1, -0.05) is 24.3 Å². The lowest BCUT2D eigenvalue weighted by Gasteiger charge is -2.25. The van der Waals surface area contributed by atoms with Gasteiger partial charge in [0.15, 0.2) is 12.6 Å². The molecule has 0 aromatic heterocycles. The molecule has 2 aliphatic heterocycles. The molecular formula is C32H42O9. The number of cyclic esters (lactones) is 1. The molecule has 0 saturated carbocycles. The Labute approximate surface area is 242 Å². The topological polar surface area (TPSA) is 90.9 Å². The van der Waals surface area contributed by atoms with E-state index in [1.807, 2.05) is 63.3 Å². The molecule has 4 atom stereocenters. The Hall–Kier alpha value is -3.11. The number of benzene rings is 2. The predicted molar refractivity (Wildman–Crippen MR) is 152 cm³/mol. The quantitative estimate of drug-likeness (QED) is 0.228. The van der Waals surface area contributed by atoms with Crippen LogP contribution in [-0.4, -0.2) is 64.3 Å². The number of esters is 1. The Morgan fingerprint density at radius 3 is 2.46 bits per heavy atom. The number of fused-ring (bicyclic) bond motifs is 2. The summed E-state index contributed by atoms with van der Waals surface area (Å²) in [6.45, 7) is 6.10. The summed E-state index contributed by atoms with van der Waals surface area (Å²) >= 11 is 0. The van der Waals surface area contributed by atoms with Crippen LogP contribution in [0.2, 0.25) is 0 Å². The second-order valence-corrected chi connectivity index (χ2v) is 10.7. The molecule has 41 heavy (non-hydrogen) atoms. The lowest BCUT2D eigenvalue weighted by molar-refractivity contribution is -0.156. The Morgan fingerprint density at radius 1 is 1.00 bits per heavy atom. The Kier molecular flexibility index (Phi) is 10.7. The standard InChI is InChI=1S/C32H42O9/c1-21-9-7-11-26(37-19-22-13-15-24(35-5)16-14-22)30-27(40-32(2,3)41-30)12-8-10-23-17-25(36-6)18-28(38-20-34-4)29(23)31(33)39-21/h7,11,13-18,21,26-27,30H,8-10,12,19-20H2,1-6H3/b11-7-/t21-,26+,27-,30+/m0/s1. The molecule has 9 heteroatoms. The zero-order valence-electron chi connectivity index (χ0n) is 24.8. The fraction of sp³-hybridized carbons (Fsp3) is 0.531. The highest BCUT2D eigenvalue weighted by atomic mass is 16.8. The van der Waals surface area contributed by atoms with Gasteiger partial charge in [0.1, 0.15) is 41.1 Å². The highest BCUT2D eigenvalue weighted by Crippen LogP contribution is 2.36. The smallest absolute Gasteiger partial charge is 0.342 e. The van der Waals surface area contributed by atoms with E-state index in [4.69, 9.17) is 37.9 Å². The monoisotopic (exact) mass is 570 g/mol. The second kappa shape index (κ2) is 14.2. The van der Waals surface area contributed by atoms with Gasteiger partial charge in [-0.2, -0.15) is 0 Å². The van der Waals surface area contributed by atoms with Gasteiger partial charge in [0.05, 0.1) is 26.9 Å². The SMILES string of the molecule is COCOc1cc(OC)cc2c1C(=O)O[C@@H](C)C/C=C\[C@@H](OCc1ccc(OC)cc1)[C@H]1OC(C)(C)O[C@H]1CCC2. The molecule has 4 rings (SSSR count). The van der Waals surface area contributed by atoms with Crippen molar-refractivity contribution >= 4 is 5.97 Å². The maximum absolute atomic E-state index is 13.4. The van der Waals surface area contributed by atoms with E-state index in [0.717, 1.165) is 23.3 Å². The van der Waals surface area contributed by atoms with Gasteiger partial charge in [-0.05, 0) is 69.4 Å². The van der Waals surface area contributed by atoms with E-state index in [2.05, 4.69) is 0 Å². The lowest BCUT2D eigenvalue weighted by atomic mass is 9.96. The van der Waals surface area contributed by atoms with Crippen LogP contribution in [0.5, 0.6) is 17.2 Å². The van der Waals surface area contributed by atoms with Gasteiger partial charge in [0.25, 0.3) is 0 Å². The molecule has 0 spiro atoms. The highest BCUT2D eigenvalue weighted by molar-refractivity contribution is 5.94. The fourth-order valence-corrected chi connectivity index (χ4v) is 5.15. The summed E-state index contributed by atoms with van der Waals surface area (Å²) < 4.78 is 46.7. The normalized spacial score (nSPS) is 25.3. The average molecular weight is 571 g/mol. The number of carbonyl (C=O) groups is 1. The molecule has 0 N–H and O–H groups in total. The fourth-order valence-electron chi connectivity index (χ4n) is 5.15. The van der Waals surface area contributed by atoms with Crippen LogP contribution in [0.15, 0.2) is 48.6 Å². The summed E-state index contributed by atoms with van der Waals surface area (Å²) in [6.07, 6.45) is 5.20. The van der Waals surface area contributed by atoms with E-state index in [1.165, 1.54) is 7.11 Å². The number of methoxy groups -OCH3 is 3. The van der Waals surface area contributed by atoms with Crippen molar-refractivity contribution in [1.29, 1.82) is 0 Å². The first kappa shape index (κ1) is 30.8. The molecule has 2 aromatic rings. The summed E-state index contributed by atoms with van der Waals surface area (Å²) in [6, 6.07) is 11.3.